The van der Waals surface area contributed by atoms with E-state index in [4.69, 9.17) is 28.3 Å². The van der Waals surface area contributed by atoms with Crippen molar-refractivity contribution < 1.29 is 21.9 Å². The smallest absolute Gasteiger partial charge is 0.264 e. The number of benzene rings is 2. The molecule has 0 unspecified atom stereocenters. The lowest BCUT2D eigenvalue weighted by atomic mass is 10.1. The first-order valence-electron chi connectivity index (χ1n) is 8.65. The second-order valence-corrected chi connectivity index (χ2v) is 11.0. The van der Waals surface area contributed by atoms with Gasteiger partial charge in [-0.3, -0.25) is 4.31 Å². The molecule has 160 valence electrons. The van der Waals surface area contributed by atoms with Gasteiger partial charge in [0.1, 0.15) is 0 Å². The van der Waals surface area contributed by atoms with E-state index in [-0.39, 0.29) is 29.2 Å². The molecule has 0 saturated carbocycles. The second kappa shape index (κ2) is 9.63. The molecule has 11 heteroatoms. The molecule has 2 aromatic rings. The SMILES string of the molecule is C[C@H](CCCS(N)(=O)=O)N(c1cc(Cl)ccc1CO)S(=O)(=O)c1ccc(Cl)cc1. The van der Waals surface area contributed by atoms with Crippen molar-refractivity contribution in [2.75, 3.05) is 10.1 Å². The van der Waals surface area contributed by atoms with Gasteiger partial charge < -0.3 is 5.11 Å². The average molecular weight is 481 g/mol. The summed E-state index contributed by atoms with van der Waals surface area (Å²) in [6.45, 7) is 1.25. The van der Waals surface area contributed by atoms with E-state index in [0.717, 1.165) is 4.31 Å². The minimum Gasteiger partial charge on any atom is -0.392 e. The Morgan fingerprint density at radius 2 is 1.62 bits per heavy atom. The molecule has 0 amide bonds. The lowest BCUT2D eigenvalue weighted by Gasteiger charge is -2.32. The first-order chi connectivity index (χ1) is 13.5. The predicted octanol–water partition coefficient (Wildman–Crippen LogP) is 3.14. The number of nitrogens with two attached hydrogens (primary N) is 1. The van der Waals surface area contributed by atoms with Crippen molar-refractivity contribution in [3.63, 3.8) is 0 Å². The highest BCUT2D eigenvalue weighted by Crippen LogP contribution is 2.33. The summed E-state index contributed by atoms with van der Waals surface area (Å²) in [4.78, 5) is 0.00376. The van der Waals surface area contributed by atoms with E-state index >= 15 is 0 Å². The van der Waals surface area contributed by atoms with Gasteiger partial charge in [0.15, 0.2) is 0 Å². The molecule has 3 N–H and O–H groups in total. The highest BCUT2D eigenvalue weighted by molar-refractivity contribution is 7.92. The van der Waals surface area contributed by atoms with Crippen LogP contribution in [0.5, 0.6) is 0 Å². The van der Waals surface area contributed by atoms with E-state index < -0.39 is 32.7 Å². The van der Waals surface area contributed by atoms with Gasteiger partial charge >= 0.3 is 0 Å². The predicted molar refractivity (Wildman–Crippen MR) is 115 cm³/mol. The number of primary sulfonamides is 1. The summed E-state index contributed by atoms with van der Waals surface area (Å²) < 4.78 is 50.5. The lowest BCUT2D eigenvalue weighted by Crippen LogP contribution is -2.39. The molecule has 7 nitrogen and oxygen atoms in total. The monoisotopic (exact) mass is 480 g/mol. The van der Waals surface area contributed by atoms with Gasteiger partial charge in [0, 0.05) is 21.7 Å². The molecular formula is C18H22Cl2N2O5S2. The molecule has 1 atom stereocenters. The quantitative estimate of drug-likeness (QED) is 0.571. The van der Waals surface area contributed by atoms with Crippen molar-refractivity contribution in [3.8, 4) is 0 Å². The fraction of sp³-hybridized carbons (Fsp3) is 0.333. The van der Waals surface area contributed by atoms with Crippen LogP contribution < -0.4 is 9.44 Å². The Balaban J connectivity index is 2.53. The van der Waals surface area contributed by atoms with Gasteiger partial charge in [-0.15, -0.1) is 0 Å². The first-order valence-corrected chi connectivity index (χ1v) is 12.6. The molecule has 0 aliphatic rings. The van der Waals surface area contributed by atoms with Crippen LogP contribution in [0.25, 0.3) is 0 Å². The van der Waals surface area contributed by atoms with Crippen LogP contribution in [0.3, 0.4) is 0 Å². The van der Waals surface area contributed by atoms with Crippen LogP contribution in [0.2, 0.25) is 10.0 Å². The van der Waals surface area contributed by atoms with Gasteiger partial charge in [0.25, 0.3) is 10.0 Å². The minimum atomic E-state index is -4.06. The van der Waals surface area contributed by atoms with Gasteiger partial charge in [-0.25, -0.2) is 22.0 Å². The Morgan fingerprint density at radius 3 is 2.17 bits per heavy atom. The third kappa shape index (κ3) is 6.31. The molecular weight excluding hydrogens is 459 g/mol. The Labute approximate surface area is 181 Å². The molecule has 0 radical (unpaired) electrons. The number of nitrogens with zero attached hydrogens (tertiary/aromatic N) is 1. The van der Waals surface area contributed by atoms with Crippen LogP contribution in [0.15, 0.2) is 47.4 Å². The largest absolute Gasteiger partial charge is 0.392 e. The Hall–Kier alpha value is -1.36. The molecule has 0 aliphatic carbocycles. The molecule has 0 saturated heterocycles. The van der Waals surface area contributed by atoms with E-state index in [9.17, 15) is 21.9 Å². The number of halogens is 2. The molecule has 2 aromatic carbocycles. The molecule has 0 spiro atoms. The molecule has 29 heavy (non-hydrogen) atoms. The highest BCUT2D eigenvalue weighted by atomic mass is 35.5. The third-order valence-corrected chi connectivity index (χ3v) is 7.56. The van der Waals surface area contributed by atoms with Crippen molar-refractivity contribution in [2.24, 2.45) is 5.14 Å². The van der Waals surface area contributed by atoms with Gasteiger partial charge in [-0.05, 0) is 56.2 Å². The standard InChI is InChI=1S/C18H22Cl2N2O5S2/c1-13(3-2-10-28(21,24)25)22(18-11-16(20)5-4-14(18)12-23)29(26,27)17-8-6-15(19)7-9-17/h4-9,11,13,23H,2-3,10,12H2,1H3,(H2,21,24,25)/t13-/m1/s1. The lowest BCUT2D eigenvalue weighted by molar-refractivity contribution is 0.282. The van der Waals surface area contributed by atoms with Gasteiger partial charge in [-0.1, -0.05) is 29.3 Å². The highest BCUT2D eigenvalue weighted by Gasteiger charge is 2.31. The van der Waals surface area contributed by atoms with Gasteiger partial charge in [0.05, 0.1) is 22.9 Å². The van der Waals surface area contributed by atoms with Crippen LogP contribution in [-0.2, 0) is 26.7 Å². The zero-order valence-corrected chi connectivity index (χ0v) is 18.8. The number of aliphatic hydroxyl groups is 1. The second-order valence-electron chi connectivity index (χ2n) is 6.54. The van der Waals surface area contributed by atoms with E-state index in [2.05, 4.69) is 0 Å². The van der Waals surface area contributed by atoms with Crippen LogP contribution >= 0.6 is 23.2 Å². The normalized spacial score (nSPS) is 13.3. The van der Waals surface area contributed by atoms with Crippen LogP contribution in [0.4, 0.5) is 5.69 Å². The number of rotatable bonds is 9. The minimum absolute atomic E-state index is 0.00376. The number of sulfonamides is 2. The molecule has 0 heterocycles. The number of hydrogen-bond acceptors (Lipinski definition) is 5. The summed E-state index contributed by atoms with van der Waals surface area (Å²) in [5.74, 6) is -0.269. The van der Waals surface area contributed by atoms with Crippen molar-refractivity contribution >= 4 is 48.9 Å². The summed E-state index contributed by atoms with van der Waals surface area (Å²) in [6, 6.07) is 9.59. The van der Waals surface area contributed by atoms with E-state index in [1.807, 2.05) is 0 Å². The van der Waals surface area contributed by atoms with Crippen LogP contribution in [0, 0.1) is 0 Å². The number of aliphatic hydroxyl groups excluding tert-OH is 1. The molecule has 2 rings (SSSR count). The summed E-state index contributed by atoms with van der Waals surface area (Å²) in [5.41, 5.74) is 0.586. The van der Waals surface area contributed by atoms with Crippen molar-refractivity contribution in [3.05, 3.63) is 58.1 Å². The molecule has 0 aliphatic heterocycles. The van der Waals surface area contributed by atoms with Crippen molar-refractivity contribution in [1.29, 1.82) is 0 Å². The summed E-state index contributed by atoms with van der Waals surface area (Å²) in [6.07, 6.45) is 0.391. The Kier molecular flexibility index (Phi) is 7.94. The number of anilines is 1. The van der Waals surface area contributed by atoms with E-state index in [1.165, 1.54) is 30.3 Å². The Bertz CT molecular complexity index is 1060. The maximum absolute atomic E-state index is 13.4. The number of hydrogen-bond donors (Lipinski definition) is 2. The summed E-state index contributed by atoms with van der Waals surface area (Å²) >= 11 is 12.0. The third-order valence-electron chi connectivity index (χ3n) is 4.28. The molecule has 0 fully saturated rings. The summed E-state index contributed by atoms with van der Waals surface area (Å²) in [5, 5.41) is 15.4. The van der Waals surface area contributed by atoms with Crippen molar-refractivity contribution in [2.45, 2.75) is 37.3 Å². The fourth-order valence-electron chi connectivity index (χ4n) is 2.90. The maximum atomic E-state index is 13.4. The molecule has 0 bridgehead atoms. The average Bonchev–Trinajstić information content (AvgIpc) is 2.61. The van der Waals surface area contributed by atoms with Crippen LogP contribution in [0.1, 0.15) is 25.3 Å². The molecule has 0 aromatic heterocycles. The zero-order chi connectivity index (χ0) is 21.8. The first kappa shape index (κ1) is 23.9. The fourth-order valence-corrected chi connectivity index (χ4v) is 5.47. The van der Waals surface area contributed by atoms with Gasteiger partial charge in [-0.2, -0.15) is 0 Å². The summed E-state index contributed by atoms with van der Waals surface area (Å²) in [7, 11) is -7.73. The zero-order valence-electron chi connectivity index (χ0n) is 15.6. The van der Waals surface area contributed by atoms with E-state index in [1.54, 1.807) is 19.1 Å². The Morgan fingerprint density at radius 1 is 1.03 bits per heavy atom. The van der Waals surface area contributed by atoms with Crippen molar-refractivity contribution in [1.82, 2.24) is 0 Å². The maximum Gasteiger partial charge on any atom is 0.264 e. The van der Waals surface area contributed by atoms with E-state index in [0.29, 0.717) is 15.6 Å². The van der Waals surface area contributed by atoms with Gasteiger partial charge in [0.2, 0.25) is 10.0 Å². The van der Waals surface area contributed by atoms with Crippen LogP contribution in [-0.4, -0.2) is 33.7 Å². The topological polar surface area (TPSA) is 118 Å².